The lowest BCUT2D eigenvalue weighted by molar-refractivity contribution is 0.300. The van der Waals surface area contributed by atoms with Crippen molar-refractivity contribution in [1.82, 2.24) is 0 Å². The van der Waals surface area contributed by atoms with Crippen LogP contribution < -0.4 is 4.72 Å². The summed E-state index contributed by atoms with van der Waals surface area (Å²) in [4.78, 5) is 0.845. The van der Waals surface area contributed by atoms with E-state index in [9.17, 15) is 8.42 Å². The van der Waals surface area contributed by atoms with Gasteiger partial charge in [-0.2, -0.15) is 0 Å². The number of thiophene rings is 1. The summed E-state index contributed by atoms with van der Waals surface area (Å²) in [5, 5.41) is 8.83. The average Bonchev–Trinajstić information content (AvgIpc) is 2.78. The minimum absolute atomic E-state index is 0.0130. The van der Waals surface area contributed by atoms with Crippen molar-refractivity contribution in [2.24, 2.45) is 0 Å². The third-order valence-electron chi connectivity index (χ3n) is 2.34. The number of hydrogen-bond acceptors (Lipinski definition) is 4. The lowest BCUT2D eigenvalue weighted by atomic mass is 10.3. The first-order valence-corrected chi connectivity index (χ1v) is 8.58. The van der Waals surface area contributed by atoms with Crippen LogP contribution in [0.5, 0.6) is 0 Å². The van der Waals surface area contributed by atoms with E-state index in [0.717, 1.165) is 9.35 Å². The molecular formula is C12H12BrNO3S2. The van der Waals surface area contributed by atoms with E-state index < -0.39 is 10.0 Å². The van der Waals surface area contributed by atoms with Crippen LogP contribution in [0, 0.1) is 0 Å². The number of aliphatic hydroxyl groups excluding tert-OH is 1. The SMILES string of the molecule is O=S(=O)(Nc1cccc(Br)c1)c1ccc(CCO)s1. The monoisotopic (exact) mass is 361 g/mol. The Hall–Kier alpha value is -0.890. The van der Waals surface area contributed by atoms with Gasteiger partial charge in [0.1, 0.15) is 4.21 Å². The van der Waals surface area contributed by atoms with Crippen molar-refractivity contribution < 1.29 is 13.5 Å². The Morgan fingerprint density at radius 3 is 2.74 bits per heavy atom. The first-order chi connectivity index (χ1) is 9.01. The molecule has 19 heavy (non-hydrogen) atoms. The highest BCUT2D eigenvalue weighted by Gasteiger charge is 2.16. The van der Waals surface area contributed by atoms with Gasteiger partial charge < -0.3 is 5.11 Å². The second-order valence-corrected chi connectivity index (χ2v) is 7.80. The van der Waals surface area contributed by atoms with Gasteiger partial charge in [-0.1, -0.05) is 22.0 Å². The van der Waals surface area contributed by atoms with E-state index in [0.29, 0.717) is 12.1 Å². The highest BCUT2D eigenvalue weighted by atomic mass is 79.9. The van der Waals surface area contributed by atoms with E-state index in [1.165, 1.54) is 11.3 Å². The maximum absolute atomic E-state index is 12.2. The number of rotatable bonds is 5. The minimum atomic E-state index is -3.56. The van der Waals surface area contributed by atoms with Gasteiger partial charge in [-0.25, -0.2) is 8.42 Å². The number of aliphatic hydroxyl groups is 1. The summed E-state index contributed by atoms with van der Waals surface area (Å²) in [6, 6.07) is 10.2. The van der Waals surface area contributed by atoms with E-state index in [4.69, 9.17) is 5.11 Å². The molecule has 0 unspecified atom stereocenters. The van der Waals surface area contributed by atoms with E-state index in [-0.39, 0.29) is 10.8 Å². The quantitative estimate of drug-likeness (QED) is 0.860. The van der Waals surface area contributed by atoms with Gasteiger partial charge in [0, 0.05) is 28.1 Å². The number of hydrogen-bond donors (Lipinski definition) is 2. The van der Waals surface area contributed by atoms with E-state index in [1.807, 2.05) is 6.07 Å². The van der Waals surface area contributed by atoms with Crippen molar-refractivity contribution in [1.29, 1.82) is 0 Å². The van der Waals surface area contributed by atoms with E-state index >= 15 is 0 Å². The molecule has 1 aromatic carbocycles. The standard InChI is InChI=1S/C12H12BrNO3S2/c13-9-2-1-3-10(8-9)14-19(16,17)12-5-4-11(18-12)6-7-15/h1-5,8,14-15H,6-7H2. The van der Waals surface area contributed by atoms with Gasteiger partial charge in [-0.05, 0) is 30.3 Å². The second-order valence-electron chi connectivity index (χ2n) is 3.81. The molecular weight excluding hydrogens is 350 g/mol. The molecule has 1 aromatic heterocycles. The topological polar surface area (TPSA) is 66.4 Å². The van der Waals surface area contributed by atoms with Crippen molar-refractivity contribution in [3.05, 3.63) is 45.7 Å². The Balaban J connectivity index is 2.22. The maximum atomic E-state index is 12.2. The number of nitrogens with one attached hydrogen (secondary N) is 1. The predicted octanol–water partition coefficient (Wildman–Crippen LogP) is 2.85. The molecule has 0 atom stereocenters. The van der Waals surface area contributed by atoms with Gasteiger partial charge >= 0.3 is 0 Å². The molecule has 0 aliphatic carbocycles. The van der Waals surface area contributed by atoms with Crippen LogP contribution in [0.2, 0.25) is 0 Å². The molecule has 7 heteroatoms. The highest BCUT2D eigenvalue weighted by molar-refractivity contribution is 9.10. The predicted molar refractivity (Wildman–Crippen MR) is 80.1 cm³/mol. The highest BCUT2D eigenvalue weighted by Crippen LogP contribution is 2.25. The molecule has 1 heterocycles. The molecule has 0 saturated carbocycles. The van der Waals surface area contributed by atoms with Crippen LogP contribution in [0.1, 0.15) is 4.88 Å². The van der Waals surface area contributed by atoms with Crippen LogP contribution in [-0.2, 0) is 16.4 Å². The third-order valence-corrected chi connectivity index (χ3v) is 5.85. The van der Waals surface area contributed by atoms with Crippen molar-refractivity contribution >= 4 is 43.0 Å². The lowest BCUT2D eigenvalue weighted by Crippen LogP contribution is -2.11. The Morgan fingerprint density at radius 1 is 1.26 bits per heavy atom. The van der Waals surface area contributed by atoms with E-state index in [2.05, 4.69) is 20.7 Å². The Bertz CT molecular complexity index is 667. The molecule has 2 aromatic rings. The third kappa shape index (κ3) is 3.79. The largest absolute Gasteiger partial charge is 0.396 e. The number of benzene rings is 1. The zero-order chi connectivity index (χ0) is 13.9. The minimum Gasteiger partial charge on any atom is -0.396 e. The fourth-order valence-electron chi connectivity index (χ4n) is 1.50. The molecule has 0 radical (unpaired) electrons. The summed E-state index contributed by atoms with van der Waals surface area (Å²) < 4.78 is 27.9. The van der Waals surface area contributed by atoms with E-state index in [1.54, 1.807) is 30.3 Å². The van der Waals surface area contributed by atoms with Crippen LogP contribution in [0.4, 0.5) is 5.69 Å². The number of halogens is 1. The summed E-state index contributed by atoms with van der Waals surface area (Å²) in [7, 11) is -3.56. The van der Waals surface area contributed by atoms with Gasteiger partial charge in [-0.15, -0.1) is 11.3 Å². The molecule has 0 bridgehead atoms. The average molecular weight is 362 g/mol. The Labute approximate surface area is 124 Å². The smallest absolute Gasteiger partial charge is 0.271 e. The Kier molecular flexibility index (Phi) is 4.62. The first kappa shape index (κ1) is 14.5. The van der Waals surface area contributed by atoms with Gasteiger partial charge in [0.05, 0.1) is 0 Å². The van der Waals surface area contributed by atoms with Crippen LogP contribution >= 0.6 is 27.3 Å². The van der Waals surface area contributed by atoms with Crippen molar-refractivity contribution in [3.8, 4) is 0 Å². The molecule has 102 valence electrons. The van der Waals surface area contributed by atoms with Crippen LogP contribution in [0.15, 0.2) is 45.1 Å². The molecule has 0 spiro atoms. The second kappa shape index (κ2) is 6.04. The fraction of sp³-hybridized carbons (Fsp3) is 0.167. The van der Waals surface area contributed by atoms with Gasteiger partial charge in [-0.3, -0.25) is 4.72 Å². The van der Waals surface area contributed by atoms with Crippen molar-refractivity contribution in [2.45, 2.75) is 10.6 Å². The van der Waals surface area contributed by atoms with Gasteiger partial charge in [0.2, 0.25) is 0 Å². The van der Waals surface area contributed by atoms with Crippen LogP contribution in [-0.4, -0.2) is 20.1 Å². The fourth-order valence-corrected chi connectivity index (χ4v) is 4.30. The molecule has 0 amide bonds. The van der Waals surface area contributed by atoms with Crippen LogP contribution in [0.25, 0.3) is 0 Å². The zero-order valence-electron chi connectivity index (χ0n) is 9.84. The molecule has 0 fully saturated rings. The summed E-state index contributed by atoms with van der Waals surface area (Å²) >= 11 is 4.46. The van der Waals surface area contributed by atoms with Gasteiger partial charge in [0.15, 0.2) is 0 Å². The molecule has 2 N–H and O–H groups in total. The summed E-state index contributed by atoms with van der Waals surface area (Å²) in [5.41, 5.74) is 0.506. The molecule has 0 saturated heterocycles. The normalized spacial score (nSPS) is 11.5. The first-order valence-electron chi connectivity index (χ1n) is 5.49. The van der Waals surface area contributed by atoms with Crippen molar-refractivity contribution in [3.63, 3.8) is 0 Å². The van der Waals surface area contributed by atoms with Gasteiger partial charge in [0.25, 0.3) is 10.0 Å². The van der Waals surface area contributed by atoms with Crippen molar-refractivity contribution in [2.75, 3.05) is 11.3 Å². The summed E-state index contributed by atoms with van der Waals surface area (Å²) in [6.07, 6.45) is 0.469. The molecule has 2 rings (SSSR count). The molecule has 0 aliphatic rings. The summed E-state index contributed by atoms with van der Waals surface area (Å²) in [5.74, 6) is 0. The van der Waals surface area contributed by atoms with Crippen LogP contribution in [0.3, 0.4) is 0 Å². The maximum Gasteiger partial charge on any atom is 0.271 e. The summed E-state index contributed by atoms with van der Waals surface area (Å²) in [6.45, 7) is 0.0130. The lowest BCUT2D eigenvalue weighted by Gasteiger charge is -2.06. The zero-order valence-corrected chi connectivity index (χ0v) is 13.1. The number of sulfonamides is 1. The molecule has 4 nitrogen and oxygen atoms in total. The number of anilines is 1. The Morgan fingerprint density at radius 2 is 2.05 bits per heavy atom. The molecule has 0 aliphatic heterocycles.